The summed E-state index contributed by atoms with van der Waals surface area (Å²) in [4.78, 5) is 16.6. The topological polar surface area (TPSA) is 92.1 Å². The van der Waals surface area contributed by atoms with Gasteiger partial charge in [0.1, 0.15) is 5.69 Å². The highest BCUT2D eigenvalue weighted by Crippen LogP contribution is 2.19. The fourth-order valence-electron chi connectivity index (χ4n) is 3.48. The number of amides is 2. The quantitative estimate of drug-likeness (QED) is 0.713. The third kappa shape index (κ3) is 4.50. The zero-order valence-corrected chi connectivity index (χ0v) is 16.3. The number of hydrogen-bond donors (Lipinski definition) is 1. The Morgan fingerprint density at radius 3 is 2.86 bits per heavy atom. The van der Waals surface area contributed by atoms with E-state index in [2.05, 4.69) is 30.7 Å². The van der Waals surface area contributed by atoms with Crippen molar-refractivity contribution in [1.82, 2.24) is 35.4 Å². The van der Waals surface area contributed by atoms with Gasteiger partial charge in [0, 0.05) is 26.3 Å². The van der Waals surface area contributed by atoms with Gasteiger partial charge in [-0.3, -0.25) is 0 Å². The number of carbonyl (C=O) groups is 1. The second kappa shape index (κ2) is 8.68. The largest absolute Gasteiger partial charge is 0.353 e. The number of anilines is 1. The summed E-state index contributed by atoms with van der Waals surface area (Å²) < 4.78 is 1.70. The third-order valence-electron chi connectivity index (χ3n) is 5.13. The first kappa shape index (κ1) is 18.9. The van der Waals surface area contributed by atoms with Gasteiger partial charge in [-0.25, -0.2) is 9.48 Å². The standard InChI is InChI=1S/C20H24N8O/c1-26(18-9-6-12-27(15-18)19-10-5-11-22-24-19)20(29)21-13-16-14-28(25-23-16)17-7-3-2-4-8-17/h2-5,7-8,10-11,14,18H,6,9,12-13,15H2,1H3,(H,21,29)/t18-/m1/s1. The molecular formula is C20H24N8O. The number of para-hydroxylation sites is 1. The molecule has 0 radical (unpaired) electrons. The second-order valence-corrected chi connectivity index (χ2v) is 7.08. The van der Waals surface area contributed by atoms with Crippen LogP contribution in [0, 0.1) is 0 Å². The number of nitrogens with zero attached hydrogens (tertiary/aromatic N) is 7. The first-order chi connectivity index (χ1) is 14.2. The lowest BCUT2D eigenvalue weighted by atomic mass is 10.0. The molecule has 2 aromatic heterocycles. The maximum absolute atomic E-state index is 12.6. The number of likely N-dealkylation sites (N-methyl/N-ethyl adjacent to an activating group) is 1. The van der Waals surface area contributed by atoms with Crippen LogP contribution in [0.4, 0.5) is 10.6 Å². The van der Waals surface area contributed by atoms with Crippen LogP contribution < -0.4 is 10.2 Å². The molecule has 1 aliphatic rings. The molecule has 0 saturated carbocycles. The van der Waals surface area contributed by atoms with Gasteiger partial charge < -0.3 is 15.1 Å². The van der Waals surface area contributed by atoms with Gasteiger partial charge in [0.15, 0.2) is 5.82 Å². The van der Waals surface area contributed by atoms with Crippen molar-refractivity contribution in [3.63, 3.8) is 0 Å². The Labute approximate surface area is 169 Å². The lowest BCUT2D eigenvalue weighted by Crippen LogP contribution is -2.51. The number of carbonyl (C=O) groups excluding carboxylic acids is 1. The summed E-state index contributed by atoms with van der Waals surface area (Å²) in [6.07, 6.45) is 5.46. The average molecular weight is 392 g/mol. The molecule has 1 atom stereocenters. The van der Waals surface area contributed by atoms with Gasteiger partial charge in [-0.05, 0) is 37.1 Å². The van der Waals surface area contributed by atoms with Crippen LogP contribution in [0.1, 0.15) is 18.5 Å². The van der Waals surface area contributed by atoms with E-state index < -0.39 is 0 Å². The molecule has 9 heteroatoms. The highest BCUT2D eigenvalue weighted by atomic mass is 16.2. The fraction of sp³-hybridized carbons (Fsp3) is 0.350. The molecule has 3 heterocycles. The van der Waals surface area contributed by atoms with E-state index >= 15 is 0 Å². The molecule has 150 valence electrons. The Morgan fingerprint density at radius 1 is 1.21 bits per heavy atom. The van der Waals surface area contributed by atoms with Crippen LogP contribution in [0.5, 0.6) is 0 Å². The molecule has 4 rings (SSSR count). The molecular weight excluding hydrogens is 368 g/mol. The van der Waals surface area contributed by atoms with Crippen LogP contribution in [0.3, 0.4) is 0 Å². The van der Waals surface area contributed by atoms with E-state index in [-0.39, 0.29) is 12.1 Å². The number of rotatable bonds is 5. The van der Waals surface area contributed by atoms with Crippen molar-refractivity contribution >= 4 is 11.8 Å². The fourth-order valence-corrected chi connectivity index (χ4v) is 3.48. The Kier molecular flexibility index (Phi) is 5.64. The molecule has 1 saturated heterocycles. The molecule has 0 aliphatic carbocycles. The first-order valence-corrected chi connectivity index (χ1v) is 9.70. The maximum Gasteiger partial charge on any atom is 0.317 e. The smallest absolute Gasteiger partial charge is 0.317 e. The number of piperidine rings is 1. The van der Waals surface area contributed by atoms with E-state index in [9.17, 15) is 4.79 Å². The van der Waals surface area contributed by atoms with E-state index in [4.69, 9.17) is 0 Å². The predicted octanol–water partition coefficient (Wildman–Crippen LogP) is 1.87. The predicted molar refractivity (Wildman–Crippen MR) is 109 cm³/mol. The van der Waals surface area contributed by atoms with Crippen molar-refractivity contribution in [2.75, 3.05) is 25.0 Å². The van der Waals surface area contributed by atoms with Gasteiger partial charge in [0.2, 0.25) is 0 Å². The zero-order chi connectivity index (χ0) is 20.1. The van der Waals surface area contributed by atoms with Crippen molar-refractivity contribution < 1.29 is 4.79 Å². The lowest BCUT2D eigenvalue weighted by Gasteiger charge is -2.37. The minimum atomic E-state index is -0.120. The lowest BCUT2D eigenvalue weighted by molar-refractivity contribution is 0.182. The van der Waals surface area contributed by atoms with Crippen molar-refractivity contribution in [2.45, 2.75) is 25.4 Å². The first-order valence-electron chi connectivity index (χ1n) is 9.70. The summed E-state index contributed by atoms with van der Waals surface area (Å²) in [5.41, 5.74) is 1.64. The average Bonchev–Trinajstić information content (AvgIpc) is 3.27. The molecule has 0 unspecified atom stereocenters. The molecule has 0 bridgehead atoms. The number of hydrogen-bond acceptors (Lipinski definition) is 6. The highest BCUT2D eigenvalue weighted by molar-refractivity contribution is 5.74. The minimum Gasteiger partial charge on any atom is -0.353 e. The Hall–Kier alpha value is -3.49. The van der Waals surface area contributed by atoms with Gasteiger partial charge in [-0.15, -0.1) is 10.2 Å². The molecule has 9 nitrogen and oxygen atoms in total. The second-order valence-electron chi connectivity index (χ2n) is 7.08. The SMILES string of the molecule is CN(C(=O)NCc1cn(-c2ccccc2)nn1)[C@@H]1CCCN(c2cccnn2)C1. The third-order valence-corrected chi connectivity index (χ3v) is 5.13. The number of aromatic nitrogens is 5. The number of benzene rings is 1. The summed E-state index contributed by atoms with van der Waals surface area (Å²) in [5, 5.41) is 19.3. The van der Waals surface area contributed by atoms with Crippen molar-refractivity contribution in [3.8, 4) is 5.69 Å². The van der Waals surface area contributed by atoms with Gasteiger partial charge in [-0.1, -0.05) is 23.4 Å². The zero-order valence-electron chi connectivity index (χ0n) is 16.3. The van der Waals surface area contributed by atoms with Gasteiger partial charge in [0.25, 0.3) is 0 Å². The van der Waals surface area contributed by atoms with Crippen LogP contribution in [-0.4, -0.2) is 62.3 Å². The van der Waals surface area contributed by atoms with E-state index in [0.29, 0.717) is 12.2 Å². The Bertz CT molecular complexity index is 930. The minimum absolute atomic E-state index is 0.116. The molecule has 2 amide bonds. The monoisotopic (exact) mass is 392 g/mol. The number of nitrogens with one attached hydrogen (secondary N) is 1. The van der Waals surface area contributed by atoms with Crippen molar-refractivity contribution in [1.29, 1.82) is 0 Å². The van der Waals surface area contributed by atoms with E-state index in [1.54, 1.807) is 15.8 Å². The molecule has 1 N–H and O–H groups in total. The maximum atomic E-state index is 12.6. The Balaban J connectivity index is 1.32. The summed E-state index contributed by atoms with van der Waals surface area (Å²) in [6, 6.07) is 13.6. The van der Waals surface area contributed by atoms with Crippen LogP contribution in [0.25, 0.3) is 5.69 Å². The van der Waals surface area contributed by atoms with Gasteiger partial charge in [0.05, 0.1) is 24.5 Å². The molecule has 1 aliphatic heterocycles. The molecule has 0 spiro atoms. The number of urea groups is 1. The summed E-state index contributed by atoms with van der Waals surface area (Å²) in [5.74, 6) is 0.850. The summed E-state index contributed by atoms with van der Waals surface area (Å²) in [6.45, 7) is 2.00. The van der Waals surface area contributed by atoms with Crippen molar-refractivity contribution in [3.05, 3.63) is 60.6 Å². The Morgan fingerprint density at radius 2 is 2.07 bits per heavy atom. The molecule has 1 aromatic carbocycles. The van der Waals surface area contributed by atoms with E-state index in [1.165, 1.54) is 0 Å². The van der Waals surface area contributed by atoms with E-state index in [1.807, 2.05) is 55.7 Å². The summed E-state index contributed by atoms with van der Waals surface area (Å²) in [7, 11) is 1.83. The van der Waals surface area contributed by atoms with Crippen LogP contribution >= 0.6 is 0 Å². The van der Waals surface area contributed by atoms with Gasteiger partial charge in [-0.2, -0.15) is 5.10 Å². The van der Waals surface area contributed by atoms with Gasteiger partial charge >= 0.3 is 6.03 Å². The summed E-state index contributed by atoms with van der Waals surface area (Å²) >= 11 is 0. The van der Waals surface area contributed by atoms with E-state index in [0.717, 1.165) is 37.4 Å². The van der Waals surface area contributed by atoms with Crippen LogP contribution in [0.2, 0.25) is 0 Å². The van der Waals surface area contributed by atoms with Crippen LogP contribution in [-0.2, 0) is 6.54 Å². The molecule has 29 heavy (non-hydrogen) atoms. The van der Waals surface area contributed by atoms with Crippen molar-refractivity contribution in [2.24, 2.45) is 0 Å². The molecule has 3 aromatic rings. The normalized spacial score (nSPS) is 16.4. The van der Waals surface area contributed by atoms with Crippen LogP contribution in [0.15, 0.2) is 54.9 Å². The molecule has 1 fully saturated rings. The highest BCUT2D eigenvalue weighted by Gasteiger charge is 2.26.